The van der Waals surface area contributed by atoms with E-state index >= 15 is 0 Å². The quantitative estimate of drug-likeness (QED) is 0.333. The minimum absolute atomic E-state index is 0. The molecule has 25 heavy (non-hydrogen) atoms. The first-order valence-corrected chi connectivity index (χ1v) is 7.93. The van der Waals surface area contributed by atoms with Gasteiger partial charge in [-0.15, -0.1) is 0 Å². The number of phosphoric ester groups is 1. The van der Waals surface area contributed by atoms with Crippen molar-refractivity contribution in [1.82, 2.24) is 19.5 Å². The van der Waals surface area contributed by atoms with Gasteiger partial charge in [-0.05, 0) is 0 Å². The van der Waals surface area contributed by atoms with Crippen LogP contribution in [-0.4, -0.2) is 43.4 Å². The number of fused-ring (bicyclic) bond motifs is 1. The Kier molecular flexibility index (Phi) is 8.28. The van der Waals surface area contributed by atoms with Crippen LogP contribution in [0.15, 0.2) is 11.1 Å². The Morgan fingerprint density at radius 1 is 1.52 bits per heavy atom. The Morgan fingerprint density at radius 2 is 2.20 bits per heavy atom. The molecule has 0 amide bonds. The van der Waals surface area contributed by atoms with Gasteiger partial charge in [0.25, 0.3) is 5.56 Å². The number of H-pyrrole nitrogens is 1. The molecule has 0 aliphatic carbocycles. The summed E-state index contributed by atoms with van der Waals surface area (Å²) in [5, 5.41) is 9.89. The van der Waals surface area contributed by atoms with Gasteiger partial charge in [-0.2, -0.15) is 4.98 Å². The minimum Gasteiger partial charge on any atom is -0.790 e. The zero-order chi connectivity index (χ0) is 16.8. The standard InChI is InChI=1S/C10H14N5O7P.2Na/c11-10-13-8-7(9(17)14-10)12-3-15(8)6-1-4(16)5(22-6)2-21-23(18,19)20;;/h3-6,16H,1-2H2,(H2,18,19,20)(H3,11,13,14,17);;/q;2*+1/p-2/t4-,5-,6+;;/m0../s1. The number of hydrogen-bond donors (Lipinski definition) is 3. The molecular weight excluding hydrogens is 379 g/mol. The summed E-state index contributed by atoms with van der Waals surface area (Å²) in [7, 11) is -5.16. The monoisotopic (exact) mass is 391 g/mol. The number of aliphatic hydroxyl groups is 1. The molecule has 15 heteroatoms. The van der Waals surface area contributed by atoms with E-state index in [1.165, 1.54) is 10.9 Å². The third-order valence-corrected chi connectivity index (χ3v) is 3.83. The van der Waals surface area contributed by atoms with Crippen LogP contribution in [-0.2, 0) is 13.8 Å². The van der Waals surface area contributed by atoms with Crippen molar-refractivity contribution in [2.24, 2.45) is 0 Å². The Balaban J connectivity index is 0.00000156. The largest absolute Gasteiger partial charge is 1.00 e. The first kappa shape index (κ1) is 23.2. The number of nitrogens with two attached hydrogens (primary N) is 1. The maximum Gasteiger partial charge on any atom is 1.00 e. The van der Waals surface area contributed by atoms with Crippen molar-refractivity contribution >= 4 is 24.9 Å². The third-order valence-electron chi connectivity index (χ3n) is 3.36. The predicted molar refractivity (Wildman–Crippen MR) is 70.7 cm³/mol. The Hall–Kier alpha value is 0.180. The molecule has 12 nitrogen and oxygen atoms in total. The van der Waals surface area contributed by atoms with Crippen molar-refractivity contribution in [3.05, 3.63) is 16.7 Å². The summed E-state index contributed by atoms with van der Waals surface area (Å²) >= 11 is 0. The molecule has 1 fully saturated rings. The van der Waals surface area contributed by atoms with E-state index in [0.717, 1.165) is 0 Å². The first-order valence-electron chi connectivity index (χ1n) is 6.47. The fourth-order valence-electron chi connectivity index (χ4n) is 2.35. The molecule has 0 spiro atoms. The second-order valence-electron chi connectivity index (χ2n) is 4.95. The van der Waals surface area contributed by atoms with Crippen LogP contribution in [0, 0.1) is 0 Å². The van der Waals surface area contributed by atoms with Gasteiger partial charge in [-0.3, -0.25) is 14.3 Å². The summed E-state index contributed by atoms with van der Waals surface area (Å²) in [6.07, 6.45) is -1.50. The molecule has 4 N–H and O–H groups in total. The van der Waals surface area contributed by atoms with Gasteiger partial charge in [0.05, 0.1) is 26.9 Å². The van der Waals surface area contributed by atoms with Crippen molar-refractivity contribution in [1.29, 1.82) is 0 Å². The van der Waals surface area contributed by atoms with Crippen molar-refractivity contribution in [2.45, 2.75) is 24.9 Å². The van der Waals surface area contributed by atoms with Gasteiger partial charge < -0.3 is 34.5 Å². The molecule has 0 saturated carbocycles. The number of imidazole rings is 1. The SMILES string of the molecule is Nc1nc2c(ncn2[C@H]2C[C@H](O)[C@H](COP(=O)([O-])[O-])O2)c(=O)[nH]1.[Na+].[Na+]. The summed E-state index contributed by atoms with van der Waals surface area (Å²) < 4.78 is 21.5. The third kappa shape index (κ3) is 5.34. The second kappa shape index (κ2) is 8.91. The summed E-state index contributed by atoms with van der Waals surface area (Å²) in [5.41, 5.74) is 5.16. The Morgan fingerprint density at radius 3 is 2.84 bits per heavy atom. The van der Waals surface area contributed by atoms with Crippen LogP contribution in [0.4, 0.5) is 5.95 Å². The molecule has 3 atom stereocenters. The fourth-order valence-corrected chi connectivity index (χ4v) is 2.68. The van der Waals surface area contributed by atoms with Crippen molar-refractivity contribution in [3.63, 3.8) is 0 Å². The van der Waals surface area contributed by atoms with Crippen LogP contribution in [0.25, 0.3) is 11.2 Å². The second-order valence-corrected chi connectivity index (χ2v) is 6.10. The van der Waals surface area contributed by atoms with Crippen LogP contribution < -0.4 is 80.2 Å². The van der Waals surface area contributed by atoms with Crippen molar-refractivity contribution in [2.75, 3.05) is 12.3 Å². The Labute approximate surface area is 184 Å². The number of ether oxygens (including phenoxy) is 1. The molecule has 0 bridgehead atoms. The van der Waals surface area contributed by atoms with Crippen LogP contribution in [0.5, 0.6) is 0 Å². The summed E-state index contributed by atoms with van der Waals surface area (Å²) in [6, 6.07) is 0. The molecule has 126 valence electrons. The number of aromatic amines is 1. The topological polar surface area (TPSA) is 191 Å². The molecule has 1 aliphatic heterocycles. The van der Waals surface area contributed by atoms with Gasteiger partial charge in [-0.25, -0.2) is 4.98 Å². The summed E-state index contributed by atoms with van der Waals surface area (Å²) in [4.78, 5) is 42.8. The van der Waals surface area contributed by atoms with E-state index in [9.17, 15) is 24.3 Å². The average molecular weight is 391 g/mol. The van der Waals surface area contributed by atoms with E-state index in [1.54, 1.807) is 0 Å². The van der Waals surface area contributed by atoms with E-state index < -0.39 is 38.4 Å². The minimum atomic E-state index is -5.16. The molecule has 2 aromatic rings. The van der Waals surface area contributed by atoms with E-state index in [4.69, 9.17) is 10.5 Å². The smallest absolute Gasteiger partial charge is 0.790 e. The fraction of sp³-hybridized carbons (Fsp3) is 0.500. The number of rotatable bonds is 4. The van der Waals surface area contributed by atoms with Gasteiger partial charge in [0.1, 0.15) is 12.3 Å². The molecule has 0 unspecified atom stereocenters. The zero-order valence-corrected chi connectivity index (χ0v) is 18.4. The zero-order valence-electron chi connectivity index (χ0n) is 13.5. The molecule has 0 aromatic carbocycles. The van der Waals surface area contributed by atoms with E-state index in [1.807, 2.05) is 0 Å². The van der Waals surface area contributed by atoms with Gasteiger partial charge in [0, 0.05) is 6.42 Å². The van der Waals surface area contributed by atoms with Crippen molar-refractivity contribution < 1.29 is 87.8 Å². The van der Waals surface area contributed by atoms with Gasteiger partial charge in [-0.1, -0.05) is 0 Å². The normalized spacial score (nSPS) is 23.2. The van der Waals surface area contributed by atoms with Gasteiger partial charge in [0.2, 0.25) is 5.95 Å². The molecule has 3 rings (SSSR count). The molecule has 3 heterocycles. The number of anilines is 1. The van der Waals surface area contributed by atoms with Crippen molar-refractivity contribution in [3.8, 4) is 0 Å². The number of nitrogen functional groups attached to an aromatic ring is 1. The predicted octanol–water partition coefficient (Wildman–Crippen LogP) is -8.80. The number of nitrogens with one attached hydrogen (secondary N) is 1. The number of nitrogens with zero attached hydrogens (tertiary/aromatic N) is 3. The maximum absolute atomic E-state index is 11.7. The molecule has 2 aromatic heterocycles. The molecule has 1 aliphatic rings. The van der Waals surface area contributed by atoms with Gasteiger partial charge >= 0.3 is 59.1 Å². The molecular formula is C10H12N5Na2O7P. The van der Waals surface area contributed by atoms with E-state index in [0.29, 0.717) is 0 Å². The first-order chi connectivity index (χ1) is 10.7. The average Bonchev–Trinajstić information content (AvgIpc) is 2.99. The van der Waals surface area contributed by atoms with E-state index in [2.05, 4.69) is 19.5 Å². The maximum atomic E-state index is 11.7. The molecule has 0 radical (unpaired) electrons. The molecule has 1 saturated heterocycles. The number of hydrogen-bond acceptors (Lipinski definition) is 10. The van der Waals surface area contributed by atoms with Crippen LogP contribution in [0.2, 0.25) is 0 Å². The van der Waals surface area contributed by atoms with E-state index in [-0.39, 0.29) is 82.6 Å². The van der Waals surface area contributed by atoms with Crippen LogP contribution in [0.1, 0.15) is 12.6 Å². The van der Waals surface area contributed by atoms with Gasteiger partial charge in [0.15, 0.2) is 11.2 Å². The number of aromatic nitrogens is 4. The summed E-state index contributed by atoms with van der Waals surface area (Å²) in [5.74, 6) is -0.110. The number of aliphatic hydroxyl groups excluding tert-OH is 1. The van der Waals surface area contributed by atoms with Crippen LogP contribution in [0.3, 0.4) is 0 Å². The van der Waals surface area contributed by atoms with Crippen LogP contribution >= 0.6 is 7.82 Å². The number of phosphoric acid groups is 1. The Bertz CT molecular complexity index is 839. The summed E-state index contributed by atoms with van der Waals surface area (Å²) in [6.45, 7) is -0.606.